The molecular weight excluding hydrogens is 404 g/mol. The summed E-state index contributed by atoms with van der Waals surface area (Å²) in [6, 6.07) is 9.49. The molecule has 0 saturated heterocycles. The van der Waals surface area contributed by atoms with Gasteiger partial charge in [-0.1, -0.05) is 18.2 Å². The van der Waals surface area contributed by atoms with Gasteiger partial charge in [-0.25, -0.2) is 9.07 Å². The van der Waals surface area contributed by atoms with Gasteiger partial charge in [-0.3, -0.25) is 4.79 Å². The quantitative estimate of drug-likeness (QED) is 0.540. The smallest absolute Gasteiger partial charge is 0.410 e. The standard InChI is InChI=1S/C20H16F4N4O2/c21-12-6-4-11(5-7-12)15-9-17(20(22,23)24)28-18(26-15)10-16(27-28)19(30)25-13-2-1-3-14(29)8-13/h1-8,10,15,17,26,29H,9H2,(H,25,30). The van der Waals surface area contributed by atoms with Crippen molar-refractivity contribution in [3.8, 4) is 5.75 Å². The zero-order chi connectivity index (χ0) is 21.5. The van der Waals surface area contributed by atoms with Gasteiger partial charge in [-0.15, -0.1) is 0 Å². The number of aromatic nitrogens is 2. The average Bonchev–Trinajstić information content (AvgIpc) is 3.11. The van der Waals surface area contributed by atoms with Crippen LogP contribution in [0.1, 0.15) is 34.6 Å². The van der Waals surface area contributed by atoms with Crippen molar-refractivity contribution in [2.45, 2.75) is 24.7 Å². The van der Waals surface area contributed by atoms with Crippen molar-refractivity contribution >= 4 is 17.4 Å². The fraction of sp³-hybridized carbons (Fsp3) is 0.200. The van der Waals surface area contributed by atoms with Crippen LogP contribution in [0.15, 0.2) is 54.6 Å². The summed E-state index contributed by atoms with van der Waals surface area (Å²) in [5.74, 6) is -1.25. The van der Waals surface area contributed by atoms with Crippen LogP contribution in [0, 0.1) is 5.82 Å². The van der Waals surface area contributed by atoms with E-state index in [0.717, 1.165) is 4.68 Å². The molecule has 2 atom stereocenters. The topological polar surface area (TPSA) is 79.2 Å². The lowest BCUT2D eigenvalue weighted by Gasteiger charge is -2.33. The van der Waals surface area contributed by atoms with E-state index in [1.807, 2.05) is 0 Å². The van der Waals surface area contributed by atoms with Gasteiger partial charge < -0.3 is 15.7 Å². The summed E-state index contributed by atoms with van der Waals surface area (Å²) in [5.41, 5.74) is 0.550. The molecule has 10 heteroatoms. The minimum absolute atomic E-state index is 0.0268. The summed E-state index contributed by atoms with van der Waals surface area (Å²) in [6.45, 7) is 0. The van der Waals surface area contributed by atoms with Gasteiger partial charge in [0.05, 0.1) is 6.04 Å². The highest BCUT2D eigenvalue weighted by Gasteiger charge is 2.46. The van der Waals surface area contributed by atoms with Crippen LogP contribution < -0.4 is 10.6 Å². The Kier molecular flexibility index (Phi) is 4.84. The first-order valence-corrected chi connectivity index (χ1v) is 8.99. The monoisotopic (exact) mass is 420 g/mol. The fourth-order valence-electron chi connectivity index (χ4n) is 3.38. The Morgan fingerprint density at radius 1 is 1.17 bits per heavy atom. The highest BCUT2D eigenvalue weighted by Crippen LogP contribution is 2.43. The highest BCUT2D eigenvalue weighted by atomic mass is 19.4. The average molecular weight is 420 g/mol. The number of benzene rings is 2. The number of rotatable bonds is 3. The molecule has 30 heavy (non-hydrogen) atoms. The first kappa shape index (κ1) is 19.7. The molecular formula is C20H16F4N4O2. The molecule has 4 rings (SSSR count). The Bertz CT molecular complexity index is 1080. The summed E-state index contributed by atoms with van der Waals surface area (Å²) in [4.78, 5) is 12.5. The maximum atomic E-state index is 13.7. The van der Waals surface area contributed by atoms with Gasteiger partial charge >= 0.3 is 6.18 Å². The minimum Gasteiger partial charge on any atom is -0.508 e. The van der Waals surface area contributed by atoms with Crippen molar-refractivity contribution in [2.24, 2.45) is 0 Å². The number of anilines is 2. The molecule has 2 unspecified atom stereocenters. The lowest BCUT2D eigenvalue weighted by molar-refractivity contribution is -0.173. The van der Waals surface area contributed by atoms with Crippen molar-refractivity contribution in [3.05, 3.63) is 71.7 Å². The Morgan fingerprint density at radius 3 is 2.57 bits per heavy atom. The van der Waals surface area contributed by atoms with E-state index in [1.165, 1.54) is 54.6 Å². The largest absolute Gasteiger partial charge is 0.508 e. The summed E-state index contributed by atoms with van der Waals surface area (Å²) < 4.78 is 55.0. The molecule has 156 valence electrons. The molecule has 0 radical (unpaired) electrons. The third-order valence-corrected chi connectivity index (χ3v) is 4.80. The second kappa shape index (κ2) is 7.36. The number of hydrogen-bond donors (Lipinski definition) is 3. The third-order valence-electron chi connectivity index (χ3n) is 4.80. The lowest BCUT2D eigenvalue weighted by Crippen LogP contribution is -2.35. The molecule has 2 aromatic carbocycles. The van der Waals surface area contributed by atoms with Gasteiger partial charge in [0.15, 0.2) is 11.7 Å². The predicted molar refractivity (Wildman–Crippen MR) is 101 cm³/mol. The van der Waals surface area contributed by atoms with Gasteiger partial charge in [0.1, 0.15) is 17.4 Å². The lowest BCUT2D eigenvalue weighted by atomic mass is 9.97. The molecule has 2 heterocycles. The number of carbonyl (C=O) groups excluding carboxylic acids is 1. The number of phenols is 1. The summed E-state index contributed by atoms with van der Waals surface area (Å²) in [7, 11) is 0. The molecule has 1 aliphatic heterocycles. The van der Waals surface area contributed by atoms with Gasteiger partial charge in [-0.05, 0) is 29.8 Å². The van der Waals surface area contributed by atoms with Crippen LogP contribution in [0.4, 0.5) is 29.1 Å². The Morgan fingerprint density at radius 2 is 1.90 bits per heavy atom. The number of fused-ring (bicyclic) bond motifs is 1. The molecule has 3 N–H and O–H groups in total. The molecule has 0 aliphatic carbocycles. The molecule has 1 amide bonds. The zero-order valence-electron chi connectivity index (χ0n) is 15.3. The van der Waals surface area contributed by atoms with E-state index in [1.54, 1.807) is 0 Å². The molecule has 0 bridgehead atoms. The predicted octanol–water partition coefficient (Wildman–Crippen LogP) is 4.64. The van der Waals surface area contributed by atoms with E-state index >= 15 is 0 Å². The van der Waals surface area contributed by atoms with E-state index in [0.29, 0.717) is 5.56 Å². The van der Waals surface area contributed by atoms with Crippen LogP contribution in [-0.2, 0) is 0 Å². The number of amides is 1. The van der Waals surface area contributed by atoms with Crippen LogP contribution in [0.3, 0.4) is 0 Å². The van der Waals surface area contributed by atoms with Crippen molar-refractivity contribution < 1.29 is 27.5 Å². The van der Waals surface area contributed by atoms with Gasteiger partial charge in [0.25, 0.3) is 5.91 Å². The summed E-state index contributed by atoms with van der Waals surface area (Å²) >= 11 is 0. The van der Waals surface area contributed by atoms with Crippen molar-refractivity contribution in [1.82, 2.24) is 9.78 Å². The number of hydrogen-bond acceptors (Lipinski definition) is 4. The van der Waals surface area contributed by atoms with Crippen LogP contribution in [0.5, 0.6) is 5.75 Å². The fourth-order valence-corrected chi connectivity index (χ4v) is 3.38. The summed E-state index contributed by atoms with van der Waals surface area (Å²) in [5, 5.41) is 18.8. The Labute approximate surface area is 168 Å². The molecule has 6 nitrogen and oxygen atoms in total. The molecule has 1 aromatic heterocycles. The SMILES string of the molecule is O=C(Nc1cccc(O)c1)c1cc2n(n1)C(C(F)(F)F)CC(c1ccc(F)cc1)N2. The van der Waals surface area contributed by atoms with Crippen LogP contribution >= 0.6 is 0 Å². The first-order valence-electron chi connectivity index (χ1n) is 8.99. The Hall–Kier alpha value is -3.56. The number of halogens is 4. The number of alkyl halides is 3. The van der Waals surface area contributed by atoms with E-state index < -0.39 is 30.0 Å². The normalized spacial score (nSPS) is 18.4. The van der Waals surface area contributed by atoms with Crippen LogP contribution in [-0.4, -0.2) is 27.0 Å². The maximum absolute atomic E-state index is 13.7. The van der Waals surface area contributed by atoms with Crippen LogP contribution in [0.25, 0.3) is 0 Å². The van der Waals surface area contributed by atoms with Crippen LogP contribution in [0.2, 0.25) is 0 Å². The number of nitrogens with zero attached hydrogens (tertiary/aromatic N) is 2. The number of aromatic hydroxyl groups is 1. The highest BCUT2D eigenvalue weighted by molar-refractivity contribution is 6.03. The molecule has 0 saturated carbocycles. The molecule has 3 aromatic rings. The van der Waals surface area contributed by atoms with Crippen molar-refractivity contribution in [2.75, 3.05) is 10.6 Å². The van der Waals surface area contributed by atoms with E-state index in [9.17, 15) is 27.5 Å². The first-order chi connectivity index (χ1) is 14.2. The maximum Gasteiger partial charge on any atom is 0.410 e. The van der Waals surface area contributed by atoms with E-state index in [4.69, 9.17) is 0 Å². The molecule has 1 aliphatic rings. The number of nitrogens with one attached hydrogen (secondary N) is 2. The summed E-state index contributed by atoms with van der Waals surface area (Å²) in [6.07, 6.45) is -4.96. The number of carbonyl (C=O) groups is 1. The van der Waals surface area contributed by atoms with E-state index in [-0.39, 0.29) is 29.4 Å². The van der Waals surface area contributed by atoms with Gasteiger partial charge in [-0.2, -0.15) is 18.3 Å². The number of phenolic OH excluding ortho intramolecular Hbond substituents is 1. The third kappa shape index (κ3) is 3.93. The second-order valence-electron chi connectivity index (χ2n) is 6.91. The minimum atomic E-state index is -4.60. The van der Waals surface area contributed by atoms with Crippen molar-refractivity contribution in [1.29, 1.82) is 0 Å². The zero-order valence-corrected chi connectivity index (χ0v) is 15.3. The second-order valence-corrected chi connectivity index (χ2v) is 6.91. The molecule has 0 spiro atoms. The van der Waals surface area contributed by atoms with E-state index in [2.05, 4.69) is 15.7 Å². The van der Waals surface area contributed by atoms with Gasteiger partial charge in [0.2, 0.25) is 0 Å². The Balaban J connectivity index is 1.64. The van der Waals surface area contributed by atoms with Gasteiger partial charge in [0, 0.05) is 24.2 Å². The van der Waals surface area contributed by atoms with Crippen molar-refractivity contribution in [3.63, 3.8) is 0 Å². The molecule has 0 fully saturated rings.